The molecule has 11 nitrogen and oxygen atoms in total. The number of fused-ring (bicyclic) bond motifs is 5. The largest absolute Gasteiger partial charge is 0.471 e. The molecular formula is C33H40N8O3S. The Hall–Kier alpha value is -3.69. The van der Waals surface area contributed by atoms with Gasteiger partial charge in [-0.05, 0) is 90.3 Å². The van der Waals surface area contributed by atoms with Gasteiger partial charge in [0, 0.05) is 35.0 Å². The van der Waals surface area contributed by atoms with E-state index >= 15 is 0 Å². The van der Waals surface area contributed by atoms with E-state index in [0.29, 0.717) is 39.2 Å². The SMILES string of the molecule is C[C@H](Oc1nc(-c2onc3c2CCC[C@@]32CCCc3sc(N)c(C#N)c32)nc2c1n(C)c(=O)n2C1CCCC1)[C@@H]1CCCN1C. The molecule has 4 aromatic heterocycles. The first-order valence-corrected chi connectivity index (χ1v) is 17.3. The number of imidazole rings is 1. The van der Waals surface area contributed by atoms with Crippen LogP contribution in [0.5, 0.6) is 5.88 Å². The molecule has 2 fully saturated rings. The van der Waals surface area contributed by atoms with Gasteiger partial charge in [0.05, 0.1) is 11.3 Å². The van der Waals surface area contributed by atoms with Crippen LogP contribution in [0.2, 0.25) is 0 Å². The number of rotatable bonds is 5. The number of likely N-dealkylation sites (tertiary alicyclic amines) is 1. The molecule has 1 aliphatic heterocycles. The first-order valence-electron chi connectivity index (χ1n) is 16.5. The average molecular weight is 629 g/mol. The van der Waals surface area contributed by atoms with Crippen LogP contribution in [0, 0.1) is 11.3 Å². The Bertz CT molecular complexity index is 1900. The highest BCUT2D eigenvalue weighted by atomic mass is 32.1. The maximum absolute atomic E-state index is 13.8. The van der Waals surface area contributed by atoms with Crippen LogP contribution in [0.25, 0.3) is 22.7 Å². The van der Waals surface area contributed by atoms with Gasteiger partial charge in [0.2, 0.25) is 17.5 Å². The summed E-state index contributed by atoms with van der Waals surface area (Å²) < 4.78 is 16.4. The molecule has 3 atom stereocenters. The van der Waals surface area contributed by atoms with E-state index in [-0.39, 0.29) is 23.9 Å². The second kappa shape index (κ2) is 10.7. The number of likely N-dealkylation sites (N-methyl/N-ethyl adjacent to an activating group) is 1. The number of ether oxygens (including phenoxy) is 1. The number of hydrogen-bond acceptors (Lipinski definition) is 10. The number of aromatic nitrogens is 5. The second-order valence-corrected chi connectivity index (χ2v) is 14.7. The van der Waals surface area contributed by atoms with Crippen molar-refractivity contribution in [2.75, 3.05) is 19.3 Å². The van der Waals surface area contributed by atoms with E-state index in [1.54, 1.807) is 23.0 Å². The van der Waals surface area contributed by atoms with E-state index in [9.17, 15) is 10.1 Å². The summed E-state index contributed by atoms with van der Waals surface area (Å²) in [7, 11) is 3.93. The predicted molar refractivity (Wildman–Crippen MR) is 172 cm³/mol. The van der Waals surface area contributed by atoms with Crippen molar-refractivity contribution in [3.63, 3.8) is 0 Å². The van der Waals surface area contributed by atoms with Crippen molar-refractivity contribution in [1.82, 2.24) is 29.2 Å². The van der Waals surface area contributed by atoms with Crippen molar-refractivity contribution in [2.45, 2.75) is 108 Å². The molecule has 0 aromatic carbocycles. The molecule has 4 aromatic rings. The molecule has 1 spiro atoms. The van der Waals surface area contributed by atoms with Crippen molar-refractivity contribution in [3.8, 4) is 23.5 Å². The maximum atomic E-state index is 13.8. The van der Waals surface area contributed by atoms with E-state index < -0.39 is 5.41 Å². The highest BCUT2D eigenvalue weighted by Crippen LogP contribution is 2.54. The first kappa shape index (κ1) is 28.8. The van der Waals surface area contributed by atoms with E-state index in [2.05, 4.69) is 24.9 Å². The molecule has 1 saturated heterocycles. The Kier molecular flexibility index (Phi) is 6.84. The van der Waals surface area contributed by atoms with Gasteiger partial charge in [-0.2, -0.15) is 10.2 Å². The molecule has 1 saturated carbocycles. The lowest BCUT2D eigenvalue weighted by molar-refractivity contribution is 0.118. The Labute approximate surface area is 266 Å². The van der Waals surface area contributed by atoms with Crippen molar-refractivity contribution in [1.29, 1.82) is 5.26 Å². The molecule has 4 aliphatic rings. The lowest BCUT2D eigenvalue weighted by Gasteiger charge is -2.39. The molecule has 2 N–H and O–H groups in total. The van der Waals surface area contributed by atoms with Crippen LogP contribution < -0.4 is 16.2 Å². The van der Waals surface area contributed by atoms with Gasteiger partial charge in [0.25, 0.3) is 0 Å². The summed E-state index contributed by atoms with van der Waals surface area (Å²) >= 11 is 1.54. The number of nitriles is 1. The molecule has 5 heterocycles. The molecule has 0 unspecified atom stereocenters. The zero-order chi connectivity index (χ0) is 31.0. The number of nitrogens with zero attached hydrogens (tertiary/aromatic N) is 7. The fourth-order valence-electron chi connectivity index (χ4n) is 8.92. The summed E-state index contributed by atoms with van der Waals surface area (Å²) in [5.74, 6) is 1.34. The summed E-state index contributed by atoms with van der Waals surface area (Å²) in [6.07, 6.45) is 11.6. The quantitative estimate of drug-likeness (QED) is 0.314. The van der Waals surface area contributed by atoms with Gasteiger partial charge in [-0.15, -0.1) is 11.3 Å². The van der Waals surface area contributed by atoms with Crippen LogP contribution in [0.1, 0.15) is 104 Å². The Morgan fingerprint density at radius 3 is 2.62 bits per heavy atom. The van der Waals surface area contributed by atoms with Gasteiger partial charge in [-0.3, -0.25) is 14.0 Å². The van der Waals surface area contributed by atoms with Gasteiger partial charge >= 0.3 is 5.69 Å². The molecule has 45 heavy (non-hydrogen) atoms. The molecule has 12 heteroatoms. The fourth-order valence-corrected chi connectivity index (χ4v) is 10.1. The molecule has 236 valence electrons. The first-order chi connectivity index (χ1) is 21.8. The number of hydrogen-bond donors (Lipinski definition) is 1. The highest BCUT2D eigenvalue weighted by Gasteiger charge is 2.48. The normalized spacial score (nSPS) is 24.3. The summed E-state index contributed by atoms with van der Waals surface area (Å²) in [4.78, 5) is 27.4. The summed E-state index contributed by atoms with van der Waals surface area (Å²) in [5, 5.41) is 15.4. The second-order valence-electron chi connectivity index (χ2n) is 13.6. The number of nitrogens with two attached hydrogens (primary N) is 1. The zero-order valence-electron chi connectivity index (χ0n) is 26.3. The number of thiophene rings is 1. The minimum Gasteiger partial charge on any atom is -0.471 e. The third-order valence-electron chi connectivity index (χ3n) is 11.1. The maximum Gasteiger partial charge on any atom is 0.330 e. The van der Waals surface area contributed by atoms with Crippen LogP contribution in [0.4, 0.5) is 5.00 Å². The minimum atomic E-state index is -0.411. The zero-order valence-corrected chi connectivity index (χ0v) is 27.1. The fraction of sp³-hybridized carbons (Fsp3) is 0.606. The molecular weight excluding hydrogens is 588 g/mol. The lowest BCUT2D eigenvalue weighted by Crippen LogP contribution is -2.38. The summed E-state index contributed by atoms with van der Waals surface area (Å²) in [6, 6.07) is 2.76. The van der Waals surface area contributed by atoms with E-state index in [1.807, 2.05) is 4.57 Å². The topological polar surface area (TPSA) is 141 Å². The van der Waals surface area contributed by atoms with Gasteiger partial charge in [-0.1, -0.05) is 18.0 Å². The molecule has 0 amide bonds. The van der Waals surface area contributed by atoms with Gasteiger partial charge in [0.1, 0.15) is 17.2 Å². The smallest absolute Gasteiger partial charge is 0.330 e. The van der Waals surface area contributed by atoms with Crippen LogP contribution in [0.3, 0.4) is 0 Å². The Balaban J connectivity index is 1.30. The third-order valence-corrected chi connectivity index (χ3v) is 12.2. The standard InChI is InChI=1S/C33H40N8O3S/c1-18(22-12-8-16-39(22)2)43-31-25-30(41(32(42)40(25)3)19-9-4-5-10-19)36-29(37-31)26-20-11-6-14-33(27(20)38-44-26)15-7-13-23-24(33)21(17-34)28(35)45-23/h18-19,22H,4-16,35H2,1-3H3/t18-,22-,33-/m0/s1. The van der Waals surface area contributed by atoms with E-state index in [1.165, 1.54) is 4.88 Å². The highest BCUT2D eigenvalue weighted by molar-refractivity contribution is 7.16. The van der Waals surface area contributed by atoms with E-state index in [0.717, 1.165) is 100 Å². The van der Waals surface area contributed by atoms with Gasteiger partial charge in [0.15, 0.2) is 11.2 Å². The predicted octanol–water partition coefficient (Wildman–Crippen LogP) is 5.24. The van der Waals surface area contributed by atoms with E-state index in [4.69, 9.17) is 30.1 Å². The summed E-state index contributed by atoms with van der Waals surface area (Å²) in [5.41, 5.74) is 10.6. The molecule has 0 radical (unpaired) electrons. The van der Waals surface area contributed by atoms with Crippen molar-refractivity contribution < 1.29 is 9.26 Å². The molecule has 3 aliphatic carbocycles. The average Bonchev–Trinajstić information content (AvgIpc) is 3.85. The van der Waals surface area contributed by atoms with Gasteiger partial charge < -0.3 is 15.0 Å². The van der Waals surface area contributed by atoms with Crippen LogP contribution in [-0.4, -0.2) is 54.9 Å². The minimum absolute atomic E-state index is 0.0915. The number of nitrogen functional groups attached to an aromatic ring is 1. The Morgan fingerprint density at radius 2 is 1.89 bits per heavy atom. The van der Waals surface area contributed by atoms with Crippen molar-refractivity contribution in [3.05, 3.63) is 37.7 Å². The van der Waals surface area contributed by atoms with Crippen LogP contribution in [0.15, 0.2) is 9.32 Å². The molecule has 0 bridgehead atoms. The van der Waals surface area contributed by atoms with Crippen molar-refractivity contribution >= 4 is 27.5 Å². The van der Waals surface area contributed by atoms with Gasteiger partial charge in [-0.25, -0.2) is 9.78 Å². The Morgan fingerprint density at radius 1 is 1.11 bits per heavy atom. The van der Waals surface area contributed by atoms with Crippen molar-refractivity contribution in [2.24, 2.45) is 7.05 Å². The molecule has 8 rings (SSSR count). The van der Waals surface area contributed by atoms with Crippen LogP contribution >= 0.6 is 11.3 Å². The lowest BCUT2D eigenvalue weighted by atomic mass is 9.62. The monoisotopic (exact) mass is 628 g/mol. The van der Waals surface area contributed by atoms with Crippen LogP contribution in [-0.2, 0) is 25.3 Å². The number of aryl methyl sites for hydroxylation is 2. The number of anilines is 1. The third kappa shape index (κ3) is 4.23. The summed E-state index contributed by atoms with van der Waals surface area (Å²) in [6.45, 7) is 3.13.